The van der Waals surface area contributed by atoms with Crippen LogP contribution in [-0.4, -0.2) is 39.2 Å². The molecule has 0 atom stereocenters. The van der Waals surface area contributed by atoms with Crippen molar-refractivity contribution in [2.24, 2.45) is 0 Å². The number of hydrogen-bond acceptors (Lipinski definition) is 7. The summed E-state index contributed by atoms with van der Waals surface area (Å²) in [5.41, 5.74) is 1.96. The van der Waals surface area contributed by atoms with Gasteiger partial charge in [-0.1, -0.05) is 19.1 Å². The first-order chi connectivity index (χ1) is 15.1. The normalized spacial score (nSPS) is 11.7. The molecule has 3 aromatic rings. The number of carbonyl (C=O) groups excluding carboxylic acids is 1. The first-order valence-electron chi connectivity index (χ1n) is 9.65. The van der Waals surface area contributed by atoms with Crippen molar-refractivity contribution in [2.45, 2.75) is 29.7 Å². The van der Waals surface area contributed by atoms with E-state index in [4.69, 9.17) is 0 Å². The van der Waals surface area contributed by atoms with E-state index >= 15 is 0 Å². The molecular formula is C21H22N4O5S2. The van der Waals surface area contributed by atoms with Gasteiger partial charge in [-0.05, 0) is 55.0 Å². The van der Waals surface area contributed by atoms with Gasteiger partial charge in [0.2, 0.25) is 5.91 Å². The first-order valence-corrected chi connectivity index (χ1v) is 13.0. The zero-order valence-corrected chi connectivity index (χ0v) is 19.1. The van der Waals surface area contributed by atoms with E-state index in [1.54, 1.807) is 24.3 Å². The Morgan fingerprint density at radius 1 is 0.844 bits per heavy atom. The summed E-state index contributed by atoms with van der Waals surface area (Å²) < 4.78 is 50.7. The lowest BCUT2D eigenvalue weighted by atomic mass is 10.1. The highest BCUT2D eigenvalue weighted by Crippen LogP contribution is 2.22. The number of sulfonamides is 1. The molecule has 9 nitrogen and oxygen atoms in total. The highest BCUT2D eigenvalue weighted by Gasteiger charge is 2.15. The summed E-state index contributed by atoms with van der Waals surface area (Å²) >= 11 is 0. The Morgan fingerprint density at radius 2 is 1.47 bits per heavy atom. The maximum Gasteiger partial charge on any atom is 0.261 e. The largest absolute Gasteiger partial charge is 0.326 e. The van der Waals surface area contributed by atoms with Crippen molar-refractivity contribution in [3.05, 3.63) is 60.7 Å². The Bertz CT molecular complexity index is 1300. The van der Waals surface area contributed by atoms with Crippen LogP contribution in [0.4, 0.5) is 11.4 Å². The maximum atomic E-state index is 12.6. The number of nitrogens with one attached hydrogen (secondary N) is 2. The standard InChI is InChI=1S/C21H22N4O5S2/c1-3-4-20(26)22-16-9-11-18(12-10-16)32(29,30)25-17-7-5-15(6-8-17)19-13-14-21(24-23-19)31(2,27)28/h5-14,25H,3-4H2,1-2H3,(H,22,26). The molecule has 0 saturated heterocycles. The lowest BCUT2D eigenvalue weighted by molar-refractivity contribution is -0.116. The third-order valence-electron chi connectivity index (χ3n) is 4.38. The fourth-order valence-electron chi connectivity index (χ4n) is 2.76. The van der Waals surface area contributed by atoms with Crippen LogP contribution in [0.25, 0.3) is 11.3 Å². The van der Waals surface area contributed by atoms with Crippen LogP contribution in [-0.2, 0) is 24.7 Å². The van der Waals surface area contributed by atoms with E-state index in [0.29, 0.717) is 29.1 Å². The minimum Gasteiger partial charge on any atom is -0.326 e. The molecular weight excluding hydrogens is 452 g/mol. The Kier molecular flexibility index (Phi) is 6.90. The summed E-state index contributed by atoms with van der Waals surface area (Å²) in [5, 5.41) is 10.2. The van der Waals surface area contributed by atoms with Gasteiger partial charge in [0.1, 0.15) is 0 Å². The van der Waals surface area contributed by atoms with Gasteiger partial charge < -0.3 is 5.32 Å². The summed E-state index contributed by atoms with van der Waals surface area (Å²) in [7, 11) is -7.26. The van der Waals surface area contributed by atoms with Gasteiger partial charge in [-0.15, -0.1) is 10.2 Å². The van der Waals surface area contributed by atoms with Crippen molar-refractivity contribution >= 4 is 37.1 Å². The average Bonchev–Trinajstić information content (AvgIpc) is 2.74. The van der Waals surface area contributed by atoms with Crippen molar-refractivity contribution in [2.75, 3.05) is 16.3 Å². The number of rotatable bonds is 8. The van der Waals surface area contributed by atoms with Crippen LogP contribution in [0.5, 0.6) is 0 Å². The minimum absolute atomic E-state index is 0.0531. The highest BCUT2D eigenvalue weighted by molar-refractivity contribution is 7.92. The number of benzene rings is 2. The van der Waals surface area contributed by atoms with Gasteiger partial charge in [-0.25, -0.2) is 16.8 Å². The predicted molar refractivity (Wildman–Crippen MR) is 121 cm³/mol. The van der Waals surface area contributed by atoms with E-state index in [1.807, 2.05) is 6.92 Å². The van der Waals surface area contributed by atoms with E-state index in [0.717, 1.165) is 12.7 Å². The maximum absolute atomic E-state index is 12.6. The number of carbonyl (C=O) groups is 1. The zero-order valence-electron chi connectivity index (χ0n) is 17.4. The van der Waals surface area contributed by atoms with E-state index in [2.05, 4.69) is 20.2 Å². The van der Waals surface area contributed by atoms with E-state index in [-0.39, 0.29) is 15.8 Å². The van der Waals surface area contributed by atoms with Gasteiger partial charge >= 0.3 is 0 Å². The summed E-state index contributed by atoms with van der Waals surface area (Å²) in [4.78, 5) is 11.7. The summed E-state index contributed by atoms with van der Waals surface area (Å²) in [6.07, 6.45) is 2.16. The predicted octanol–water partition coefficient (Wildman–Crippen LogP) is 3.09. The molecule has 0 saturated carbocycles. The number of anilines is 2. The Balaban J connectivity index is 1.71. The van der Waals surface area contributed by atoms with Crippen molar-refractivity contribution in [1.29, 1.82) is 0 Å². The topological polar surface area (TPSA) is 135 Å². The molecule has 3 rings (SSSR count). The Hall–Kier alpha value is -3.31. The molecule has 0 fully saturated rings. The lowest BCUT2D eigenvalue weighted by Crippen LogP contribution is -2.14. The number of amides is 1. The fourth-order valence-corrected chi connectivity index (χ4v) is 4.33. The molecule has 168 valence electrons. The van der Waals surface area contributed by atoms with Gasteiger partial charge in [0, 0.05) is 29.6 Å². The molecule has 2 N–H and O–H groups in total. The number of sulfone groups is 1. The Labute approximate surface area is 186 Å². The highest BCUT2D eigenvalue weighted by atomic mass is 32.2. The van der Waals surface area contributed by atoms with Crippen LogP contribution >= 0.6 is 0 Å². The monoisotopic (exact) mass is 474 g/mol. The molecule has 0 aliphatic carbocycles. The zero-order chi connectivity index (χ0) is 23.4. The molecule has 0 unspecified atom stereocenters. The average molecular weight is 475 g/mol. The third-order valence-corrected chi connectivity index (χ3v) is 6.75. The van der Waals surface area contributed by atoms with Crippen LogP contribution in [0.15, 0.2) is 70.6 Å². The first kappa shape index (κ1) is 23.4. The van der Waals surface area contributed by atoms with Gasteiger partial charge in [0.25, 0.3) is 10.0 Å². The van der Waals surface area contributed by atoms with Crippen LogP contribution in [0.3, 0.4) is 0 Å². The molecule has 0 spiro atoms. The van der Waals surface area contributed by atoms with E-state index in [9.17, 15) is 21.6 Å². The second-order valence-corrected chi connectivity index (χ2v) is 10.7. The summed E-state index contributed by atoms with van der Waals surface area (Å²) in [5.74, 6) is -0.128. The molecule has 1 amide bonds. The van der Waals surface area contributed by atoms with E-state index in [1.165, 1.54) is 36.4 Å². The van der Waals surface area contributed by atoms with Gasteiger partial charge in [0.15, 0.2) is 14.9 Å². The fraction of sp³-hybridized carbons (Fsp3) is 0.190. The number of hydrogen-bond donors (Lipinski definition) is 2. The molecule has 0 aliphatic rings. The van der Waals surface area contributed by atoms with Crippen LogP contribution in [0, 0.1) is 0 Å². The van der Waals surface area contributed by atoms with Crippen LogP contribution in [0.2, 0.25) is 0 Å². The SMILES string of the molecule is CCCC(=O)Nc1ccc(S(=O)(=O)Nc2ccc(-c3ccc(S(C)(=O)=O)nn3)cc2)cc1. The van der Waals surface area contributed by atoms with Crippen LogP contribution in [0.1, 0.15) is 19.8 Å². The van der Waals surface area contributed by atoms with Crippen LogP contribution < -0.4 is 10.0 Å². The molecule has 0 bridgehead atoms. The van der Waals surface area contributed by atoms with Crippen molar-refractivity contribution < 1.29 is 21.6 Å². The quantitative estimate of drug-likeness (QED) is 0.512. The minimum atomic E-state index is -3.83. The summed E-state index contributed by atoms with van der Waals surface area (Å²) in [6, 6.07) is 15.2. The molecule has 1 heterocycles. The molecule has 32 heavy (non-hydrogen) atoms. The third kappa shape index (κ3) is 5.89. The smallest absolute Gasteiger partial charge is 0.261 e. The second kappa shape index (κ2) is 9.45. The molecule has 11 heteroatoms. The van der Waals surface area contributed by atoms with Gasteiger partial charge in [-0.2, -0.15) is 0 Å². The molecule has 1 aromatic heterocycles. The van der Waals surface area contributed by atoms with Gasteiger partial charge in [-0.3, -0.25) is 9.52 Å². The molecule has 0 radical (unpaired) electrons. The lowest BCUT2D eigenvalue weighted by Gasteiger charge is -2.10. The number of nitrogens with zero attached hydrogens (tertiary/aromatic N) is 2. The van der Waals surface area contributed by atoms with Crippen molar-refractivity contribution in [3.63, 3.8) is 0 Å². The van der Waals surface area contributed by atoms with E-state index < -0.39 is 19.9 Å². The molecule has 0 aliphatic heterocycles. The second-order valence-electron chi connectivity index (χ2n) is 7.03. The number of aromatic nitrogens is 2. The molecule has 2 aromatic carbocycles. The Morgan fingerprint density at radius 3 is 2.00 bits per heavy atom. The van der Waals surface area contributed by atoms with Crippen molar-refractivity contribution in [3.8, 4) is 11.3 Å². The van der Waals surface area contributed by atoms with Gasteiger partial charge in [0.05, 0.1) is 10.6 Å². The summed E-state index contributed by atoms with van der Waals surface area (Å²) in [6.45, 7) is 1.90. The van der Waals surface area contributed by atoms with Crippen molar-refractivity contribution in [1.82, 2.24) is 10.2 Å².